The molecular weight excluding hydrogens is 304 g/mol. The quantitative estimate of drug-likeness (QED) is 0.890. The Bertz CT molecular complexity index is 654. The van der Waals surface area contributed by atoms with Crippen LogP contribution in [-0.2, 0) is 4.79 Å². The minimum absolute atomic E-state index is 0.118. The zero-order valence-corrected chi connectivity index (χ0v) is 12.7. The number of ether oxygens (including phenoxy) is 1. The molecule has 0 aliphatic rings. The second kappa shape index (κ2) is 7.47. The SMILES string of the molecule is COc1ccc(NC(=O)CNC(=O)c2ccc(Cl)cc2)cc1. The Hall–Kier alpha value is -2.53. The molecule has 0 radical (unpaired) electrons. The van der Waals surface area contributed by atoms with Crippen LogP contribution in [0.25, 0.3) is 0 Å². The van der Waals surface area contributed by atoms with Gasteiger partial charge in [0.1, 0.15) is 5.75 Å². The van der Waals surface area contributed by atoms with Crippen LogP contribution in [0.15, 0.2) is 48.5 Å². The number of hydrogen-bond donors (Lipinski definition) is 2. The van der Waals surface area contributed by atoms with Crippen molar-refractivity contribution in [3.05, 3.63) is 59.1 Å². The van der Waals surface area contributed by atoms with E-state index in [0.717, 1.165) is 0 Å². The van der Waals surface area contributed by atoms with Crippen molar-refractivity contribution in [2.24, 2.45) is 0 Å². The predicted molar refractivity (Wildman–Crippen MR) is 85.4 cm³/mol. The molecule has 0 atom stereocenters. The van der Waals surface area contributed by atoms with E-state index in [2.05, 4.69) is 10.6 Å². The first-order chi connectivity index (χ1) is 10.6. The molecule has 6 heteroatoms. The molecule has 2 amide bonds. The van der Waals surface area contributed by atoms with E-state index in [1.165, 1.54) is 0 Å². The average Bonchev–Trinajstić information content (AvgIpc) is 2.54. The summed E-state index contributed by atoms with van der Waals surface area (Å²) < 4.78 is 5.03. The molecule has 2 aromatic rings. The monoisotopic (exact) mass is 318 g/mol. The lowest BCUT2D eigenvalue weighted by molar-refractivity contribution is -0.115. The first-order valence-corrected chi connectivity index (χ1v) is 6.94. The van der Waals surface area contributed by atoms with E-state index in [1.54, 1.807) is 55.6 Å². The topological polar surface area (TPSA) is 67.4 Å². The summed E-state index contributed by atoms with van der Waals surface area (Å²) >= 11 is 5.75. The standard InChI is InChI=1S/C16H15ClN2O3/c1-22-14-8-6-13(7-9-14)19-15(20)10-18-16(21)11-2-4-12(17)5-3-11/h2-9H,10H2,1H3,(H,18,21)(H,19,20). The molecule has 2 aromatic carbocycles. The number of carbonyl (C=O) groups excluding carboxylic acids is 2. The molecule has 0 spiro atoms. The Morgan fingerprint density at radius 1 is 1.05 bits per heavy atom. The molecule has 22 heavy (non-hydrogen) atoms. The molecule has 0 bridgehead atoms. The fourth-order valence-electron chi connectivity index (χ4n) is 1.74. The molecule has 0 aliphatic carbocycles. The fraction of sp³-hybridized carbons (Fsp3) is 0.125. The molecule has 0 heterocycles. The van der Waals surface area contributed by atoms with Crippen LogP contribution in [0.4, 0.5) is 5.69 Å². The maximum absolute atomic E-state index is 11.8. The van der Waals surface area contributed by atoms with Gasteiger partial charge in [0.25, 0.3) is 5.91 Å². The third-order valence-corrected chi connectivity index (χ3v) is 3.14. The van der Waals surface area contributed by atoms with Crippen LogP contribution in [0, 0.1) is 0 Å². The number of methoxy groups -OCH3 is 1. The van der Waals surface area contributed by atoms with Crippen LogP contribution < -0.4 is 15.4 Å². The van der Waals surface area contributed by atoms with Gasteiger partial charge in [0, 0.05) is 16.3 Å². The number of hydrogen-bond acceptors (Lipinski definition) is 3. The molecule has 0 unspecified atom stereocenters. The van der Waals surface area contributed by atoms with Crippen LogP contribution in [0.5, 0.6) is 5.75 Å². The van der Waals surface area contributed by atoms with E-state index in [9.17, 15) is 9.59 Å². The van der Waals surface area contributed by atoms with Gasteiger partial charge in [0.05, 0.1) is 13.7 Å². The van der Waals surface area contributed by atoms with E-state index >= 15 is 0 Å². The molecule has 0 aliphatic heterocycles. The number of anilines is 1. The van der Waals surface area contributed by atoms with Crippen molar-refractivity contribution < 1.29 is 14.3 Å². The molecular formula is C16H15ClN2O3. The molecule has 0 saturated heterocycles. The van der Waals surface area contributed by atoms with Crippen LogP contribution in [0.2, 0.25) is 5.02 Å². The predicted octanol–water partition coefficient (Wildman–Crippen LogP) is 2.72. The van der Waals surface area contributed by atoms with Gasteiger partial charge in [-0.3, -0.25) is 9.59 Å². The van der Waals surface area contributed by atoms with Gasteiger partial charge >= 0.3 is 0 Å². The minimum Gasteiger partial charge on any atom is -0.497 e. The number of halogens is 1. The summed E-state index contributed by atoms with van der Waals surface area (Å²) in [6.07, 6.45) is 0. The van der Waals surface area contributed by atoms with Gasteiger partial charge in [-0.1, -0.05) is 11.6 Å². The highest BCUT2D eigenvalue weighted by molar-refractivity contribution is 6.30. The maximum Gasteiger partial charge on any atom is 0.251 e. The summed E-state index contributed by atoms with van der Waals surface area (Å²) in [5.74, 6) is 0.0584. The Balaban J connectivity index is 1.84. The normalized spacial score (nSPS) is 9.91. The molecule has 0 aromatic heterocycles. The lowest BCUT2D eigenvalue weighted by Gasteiger charge is -2.08. The first kappa shape index (κ1) is 15.9. The van der Waals surface area contributed by atoms with Crippen molar-refractivity contribution in [2.45, 2.75) is 0 Å². The van der Waals surface area contributed by atoms with Gasteiger partial charge in [0.2, 0.25) is 5.91 Å². The van der Waals surface area contributed by atoms with Crippen molar-refractivity contribution in [2.75, 3.05) is 19.0 Å². The lowest BCUT2D eigenvalue weighted by atomic mass is 10.2. The number of nitrogens with one attached hydrogen (secondary N) is 2. The van der Waals surface area contributed by atoms with Crippen molar-refractivity contribution in [3.63, 3.8) is 0 Å². The zero-order valence-electron chi connectivity index (χ0n) is 11.9. The van der Waals surface area contributed by atoms with Crippen molar-refractivity contribution in [1.29, 1.82) is 0 Å². The summed E-state index contributed by atoms with van der Waals surface area (Å²) in [6.45, 7) is -0.118. The third kappa shape index (κ3) is 4.49. The highest BCUT2D eigenvalue weighted by Crippen LogP contribution is 2.14. The van der Waals surface area contributed by atoms with E-state index < -0.39 is 0 Å². The van der Waals surface area contributed by atoms with Crippen LogP contribution in [0.1, 0.15) is 10.4 Å². The molecule has 114 valence electrons. The van der Waals surface area contributed by atoms with Gasteiger partial charge in [-0.05, 0) is 48.5 Å². The lowest BCUT2D eigenvalue weighted by Crippen LogP contribution is -2.32. The average molecular weight is 319 g/mol. The Labute approximate surface area is 133 Å². The van der Waals surface area contributed by atoms with Gasteiger partial charge in [0.15, 0.2) is 0 Å². The second-order valence-electron chi connectivity index (χ2n) is 4.47. The number of benzene rings is 2. The van der Waals surface area contributed by atoms with Crippen LogP contribution in [0.3, 0.4) is 0 Å². The molecule has 5 nitrogen and oxygen atoms in total. The Kier molecular flexibility index (Phi) is 5.38. The first-order valence-electron chi connectivity index (χ1n) is 6.56. The van der Waals surface area contributed by atoms with Crippen LogP contribution >= 0.6 is 11.6 Å². The van der Waals surface area contributed by atoms with E-state index in [1.807, 2.05) is 0 Å². The fourth-order valence-corrected chi connectivity index (χ4v) is 1.87. The summed E-state index contributed by atoms with van der Waals surface area (Å²) in [5.41, 5.74) is 1.08. The number of carbonyl (C=O) groups is 2. The van der Waals surface area contributed by atoms with Crippen molar-refractivity contribution in [3.8, 4) is 5.75 Å². The Morgan fingerprint density at radius 3 is 2.27 bits per heavy atom. The molecule has 0 saturated carbocycles. The molecule has 2 rings (SSSR count). The Morgan fingerprint density at radius 2 is 1.68 bits per heavy atom. The smallest absolute Gasteiger partial charge is 0.251 e. The minimum atomic E-state index is -0.332. The summed E-state index contributed by atoms with van der Waals surface area (Å²) in [6, 6.07) is 13.3. The molecule has 2 N–H and O–H groups in total. The molecule has 0 fully saturated rings. The second-order valence-corrected chi connectivity index (χ2v) is 4.90. The largest absolute Gasteiger partial charge is 0.497 e. The zero-order chi connectivity index (χ0) is 15.9. The van der Waals surface area contributed by atoms with E-state index in [4.69, 9.17) is 16.3 Å². The van der Waals surface area contributed by atoms with Gasteiger partial charge in [-0.25, -0.2) is 0 Å². The van der Waals surface area contributed by atoms with E-state index in [0.29, 0.717) is 22.0 Å². The van der Waals surface area contributed by atoms with E-state index in [-0.39, 0.29) is 18.4 Å². The van der Waals surface area contributed by atoms with Gasteiger partial charge in [-0.2, -0.15) is 0 Å². The van der Waals surface area contributed by atoms with Crippen LogP contribution in [-0.4, -0.2) is 25.5 Å². The highest BCUT2D eigenvalue weighted by atomic mass is 35.5. The summed E-state index contributed by atoms with van der Waals surface area (Å²) in [5, 5.41) is 5.77. The number of amides is 2. The third-order valence-electron chi connectivity index (χ3n) is 2.89. The maximum atomic E-state index is 11.8. The van der Waals surface area contributed by atoms with Crippen molar-refractivity contribution >= 4 is 29.1 Å². The van der Waals surface area contributed by atoms with Crippen molar-refractivity contribution in [1.82, 2.24) is 5.32 Å². The van der Waals surface area contributed by atoms with Gasteiger partial charge < -0.3 is 15.4 Å². The van der Waals surface area contributed by atoms with Gasteiger partial charge in [-0.15, -0.1) is 0 Å². The number of rotatable bonds is 5. The summed E-state index contributed by atoms with van der Waals surface area (Å²) in [4.78, 5) is 23.6. The highest BCUT2D eigenvalue weighted by Gasteiger charge is 2.08. The summed E-state index contributed by atoms with van der Waals surface area (Å²) in [7, 11) is 1.57.